The molecular formula is C9H14BrNO2. The minimum atomic E-state index is -0.0421. The van der Waals surface area contributed by atoms with E-state index < -0.39 is 0 Å². The van der Waals surface area contributed by atoms with Crippen LogP contribution in [0.2, 0.25) is 0 Å². The van der Waals surface area contributed by atoms with Crippen molar-refractivity contribution >= 4 is 21.8 Å². The molecule has 2 heterocycles. The van der Waals surface area contributed by atoms with E-state index in [9.17, 15) is 4.79 Å². The smallest absolute Gasteiger partial charge is 0.236 e. The fraction of sp³-hybridized carbons (Fsp3) is 0.889. The highest BCUT2D eigenvalue weighted by molar-refractivity contribution is 9.10. The molecule has 0 spiro atoms. The molecule has 0 aliphatic carbocycles. The molecule has 2 fully saturated rings. The fourth-order valence-corrected chi connectivity index (χ4v) is 2.50. The van der Waals surface area contributed by atoms with E-state index in [4.69, 9.17) is 4.74 Å². The van der Waals surface area contributed by atoms with Gasteiger partial charge in [0.25, 0.3) is 0 Å². The number of alkyl halides is 1. The first-order valence-electron chi connectivity index (χ1n) is 4.67. The van der Waals surface area contributed by atoms with Crippen molar-refractivity contribution in [2.24, 2.45) is 0 Å². The summed E-state index contributed by atoms with van der Waals surface area (Å²) in [5.74, 6) is 0.230. The fourth-order valence-electron chi connectivity index (χ4n) is 2.05. The molecule has 0 N–H and O–H groups in total. The highest BCUT2D eigenvalue weighted by atomic mass is 79.9. The van der Waals surface area contributed by atoms with Crippen LogP contribution in [0.25, 0.3) is 0 Å². The van der Waals surface area contributed by atoms with E-state index in [2.05, 4.69) is 22.9 Å². The summed E-state index contributed by atoms with van der Waals surface area (Å²) < 4.78 is 5.35. The Hall–Kier alpha value is -0.0900. The van der Waals surface area contributed by atoms with Gasteiger partial charge in [0.05, 0.1) is 17.0 Å². The first-order valence-corrected chi connectivity index (χ1v) is 5.58. The van der Waals surface area contributed by atoms with Gasteiger partial charge in [-0.05, 0) is 19.8 Å². The summed E-state index contributed by atoms with van der Waals surface area (Å²) in [6.45, 7) is 4.46. The molecule has 2 unspecified atom stereocenters. The van der Waals surface area contributed by atoms with E-state index >= 15 is 0 Å². The molecule has 2 aliphatic rings. The molecule has 74 valence electrons. The number of hydrogen-bond donors (Lipinski definition) is 0. The Morgan fingerprint density at radius 3 is 2.92 bits per heavy atom. The van der Waals surface area contributed by atoms with Crippen molar-refractivity contribution < 1.29 is 9.53 Å². The van der Waals surface area contributed by atoms with Crippen LogP contribution in [0.1, 0.15) is 19.8 Å². The molecule has 0 aromatic carbocycles. The average molecular weight is 248 g/mol. The normalized spacial score (nSPS) is 40.3. The van der Waals surface area contributed by atoms with Crippen LogP contribution >= 0.6 is 15.9 Å². The topological polar surface area (TPSA) is 29.5 Å². The molecule has 2 aliphatic heterocycles. The lowest BCUT2D eigenvalue weighted by molar-refractivity contribution is -0.132. The summed E-state index contributed by atoms with van der Waals surface area (Å²) in [5, 5.41) is 0. The lowest BCUT2D eigenvalue weighted by atomic mass is 10.00. The number of amides is 1. The van der Waals surface area contributed by atoms with Crippen LogP contribution in [0.4, 0.5) is 0 Å². The number of carbonyl (C=O) groups excluding carboxylic acids is 1. The molecule has 3 nitrogen and oxygen atoms in total. The van der Waals surface area contributed by atoms with Gasteiger partial charge in [-0.3, -0.25) is 4.79 Å². The average Bonchev–Trinajstić information content (AvgIpc) is 2.63. The van der Waals surface area contributed by atoms with E-state index in [1.807, 2.05) is 4.90 Å². The molecule has 13 heavy (non-hydrogen) atoms. The Bertz CT molecular complexity index is 226. The van der Waals surface area contributed by atoms with Crippen molar-refractivity contribution in [2.45, 2.75) is 30.1 Å². The maximum atomic E-state index is 11.7. The van der Waals surface area contributed by atoms with Gasteiger partial charge in [0.2, 0.25) is 5.91 Å². The molecule has 2 saturated heterocycles. The van der Waals surface area contributed by atoms with Crippen LogP contribution in [0.15, 0.2) is 0 Å². The molecule has 0 saturated carbocycles. The zero-order chi connectivity index (χ0) is 9.47. The number of halogens is 1. The highest BCUT2D eigenvalue weighted by Crippen LogP contribution is 2.31. The third-order valence-corrected chi connectivity index (χ3v) is 3.84. The summed E-state index contributed by atoms with van der Waals surface area (Å²) in [7, 11) is 0. The molecule has 4 heteroatoms. The van der Waals surface area contributed by atoms with E-state index in [1.54, 1.807) is 0 Å². The Morgan fingerprint density at radius 1 is 1.69 bits per heavy atom. The van der Waals surface area contributed by atoms with Gasteiger partial charge in [-0.2, -0.15) is 0 Å². The van der Waals surface area contributed by atoms with Gasteiger partial charge >= 0.3 is 0 Å². The maximum absolute atomic E-state index is 11.7. The van der Waals surface area contributed by atoms with Gasteiger partial charge in [0, 0.05) is 13.2 Å². The van der Waals surface area contributed by atoms with Crippen molar-refractivity contribution in [2.75, 3.05) is 19.8 Å². The lowest BCUT2D eigenvalue weighted by Crippen LogP contribution is -2.48. The van der Waals surface area contributed by atoms with Crippen molar-refractivity contribution in [1.82, 2.24) is 4.90 Å². The van der Waals surface area contributed by atoms with Gasteiger partial charge in [-0.25, -0.2) is 0 Å². The number of likely N-dealkylation sites (tertiary alicyclic amines) is 1. The molecule has 0 aromatic rings. The minimum Gasteiger partial charge on any atom is -0.379 e. The second-order valence-corrected chi connectivity index (χ2v) is 5.15. The summed E-state index contributed by atoms with van der Waals surface area (Å²) in [6, 6.07) is 0. The Labute approximate surface area is 86.5 Å². The molecule has 0 bridgehead atoms. The standard InChI is InChI=1S/C9H14BrNO2/c1-9(3-5-13-6-9)11-4-2-7(10)8(11)12/h7H,2-6H2,1H3. The van der Waals surface area contributed by atoms with E-state index in [-0.39, 0.29) is 16.3 Å². The summed E-state index contributed by atoms with van der Waals surface area (Å²) in [6.07, 6.45) is 1.90. The maximum Gasteiger partial charge on any atom is 0.236 e. The Kier molecular flexibility index (Phi) is 2.36. The number of carbonyl (C=O) groups is 1. The van der Waals surface area contributed by atoms with E-state index in [0.29, 0.717) is 6.61 Å². The van der Waals surface area contributed by atoms with Gasteiger partial charge in [-0.15, -0.1) is 0 Å². The zero-order valence-electron chi connectivity index (χ0n) is 7.75. The third kappa shape index (κ3) is 1.50. The molecular weight excluding hydrogens is 234 g/mol. The molecule has 2 atom stereocenters. The van der Waals surface area contributed by atoms with Gasteiger partial charge in [-0.1, -0.05) is 15.9 Å². The van der Waals surface area contributed by atoms with E-state index in [0.717, 1.165) is 26.0 Å². The largest absolute Gasteiger partial charge is 0.379 e. The highest BCUT2D eigenvalue weighted by Gasteiger charge is 2.43. The molecule has 1 amide bonds. The monoisotopic (exact) mass is 247 g/mol. The number of nitrogens with zero attached hydrogens (tertiary/aromatic N) is 1. The van der Waals surface area contributed by atoms with Gasteiger partial charge < -0.3 is 9.64 Å². The van der Waals surface area contributed by atoms with Crippen molar-refractivity contribution in [3.8, 4) is 0 Å². The number of rotatable bonds is 1. The number of hydrogen-bond acceptors (Lipinski definition) is 2. The van der Waals surface area contributed by atoms with Gasteiger partial charge in [0.1, 0.15) is 0 Å². The first-order chi connectivity index (χ1) is 6.13. The van der Waals surface area contributed by atoms with Crippen LogP contribution in [0.5, 0.6) is 0 Å². The SMILES string of the molecule is CC1(N2CCC(Br)C2=O)CCOC1. The first kappa shape index (κ1) is 9.46. The summed E-state index contributed by atoms with van der Waals surface area (Å²) in [5.41, 5.74) is -0.0421. The lowest BCUT2D eigenvalue weighted by Gasteiger charge is -2.33. The third-order valence-electron chi connectivity index (χ3n) is 2.99. The second kappa shape index (κ2) is 3.24. The Morgan fingerprint density at radius 2 is 2.46 bits per heavy atom. The van der Waals surface area contributed by atoms with Crippen molar-refractivity contribution in [3.63, 3.8) is 0 Å². The van der Waals surface area contributed by atoms with Crippen molar-refractivity contribution in [1.29, 1.82) is 0 Å². The van der Waals surface area contributed by atoms with Crippen LogP contribution in [-0.2, 0) is 9.53 Å². The van der Waals surface area contributed by atoms with Crippen LogP contribution in [0, 0.1) is 0 Å². The number of ether oxygens (including phenoxy) is 1. The minimum absolute atomic E-state index is 0.0323. The second-order valence-electron chi connectivity index (χ2n) is 4.05. The zero-order valence-corrected chi connectivity index (χ0v) is 9.34. The molecule has 0 aromatic heterocycles. The molecule has 0 radical (unpaired) electrons. The van der Waals surface area contributed by atoms with Gasteiger partial charge in [0.15, 0.2) is 0 Å². The van der Waals surface area contributed by atoms with Crippen LogP contribution < -0.4 is 0 Å². The van der Waals surface area contributed by atoms with Crippen molar-refractivity contribution in [3.05, 3.63) is 0 Å². The predicted molar refractivity (Wildman–Crippen MR) is 52.9 cm³/mol. The predicted octanol–water partition coefficient (Wildman–Crippen LogP) is 1.16. The quantitative estimate of drug-likeness (QED) is 0.652. The summed E-state index contributed by atoms with van der Waals surface area (Å²) in [4.78, 5) is 13.7. The van der Waals surface area contributed by atoms with Crippen LogP contribution in [0.3, 0.4) is 0 Å². The van der Waals surface area contributed by atoms with E-state index in [1.165, 1.54) is 0 Å². The van der Waals surface area contributed by atoms with Crippen LogP contribution in [-0.4, -0.2) is 40.9 Å². The summed E-state index contributed by atoms with van der Waals surface area (Å²) >= 11 is 3.38. The molecule has 2 rings (SSSR count). The Balaban J connectivity index is 2.12.